The molecule has 0 aliphatic rings. The van der Waals surface area contributed by atoms with E-state index in [9.17, 15) is 18.0 Å². The number of carbonyl (C=O) groups is 1. The Bertz CT molecular complexity index is 965. The van der Waals surface area contributed by atoms with E-state index in [2.05, 4.69) is 15.2 Å². The maximum atomic E-state index is 12.7. The van der Waals surface area contributed by atoms with Crippen molar-refractivity contribution in [3.05, 3.63) is 77.1 Å². The van der Waals surface area contributed by atoms with Gasteiger partial charge in [-0.3, -0.25) is 9.48 Å². The Labute approximate surface area is 159 Å². The van der Waals surface area contributed by atoms with E-state index in [1.165, 1.54) is 12.1 Å². The van der Waals surface area contributed by atoms with Crippen molar-refractivity contribution in [3.63, 3.8) is 0 Å². The van der Waals surface area contributed by atoms with Gasteiger partial charge in [0.15, 0.2) is 0 Å². The average molecular weight is 389 g/mol. The van der Waals surface area contributed by atoms with Crippen molar-refractivity contribution in [1.29, 1.82) is 0 Å². The molecule has 5 nitrogen and oxygen atoms in total. The molecule has 1 N–H and O–H groups in total. The third kappa shape index (κ3) is 4.70. The molecule has 3 aromatic rings. The van der Waals surface area contributed by atoms with Gasteiger partial charge in [-0.2, -0.15) is 5.10 Å². The van der Waals surface area contributed by atoms with Crippen LogP contribution in [-0.4, -0.2) is 22.1 Å². The van der Waals surface area contributed by atoms with Crippen LogP contribution in [0.2, 0.25) is 0 Å². The van der Waals surface area contributed by atoms with Crippen LogP contribution in [0.15, 0.2) is 54.6 Å². The first-order valence-corrected chi connectivity index (χ1v) is 8.48. The molecular weight excluding hydrogens is 371 g/mol. The Morgan fingerprint density at radius 3 is 2.32 bits per heavy atom. The van der Waals surface area contributed by atoms with Crippen LogP contribution < -0.4 is 10.1 Å². The van der Waals surface area contributed by atoms with Gasteiger partial charge in [-0.25, -0.2) is 0 Å². The van der Waals surface area contributed by atoms with Crippen LogP contribution in [0.1, 0.15) is 27.3 Å². The molecule has 0 unspecified atom stereocenters. The number of aryl methyl sites for hydroxylation is 1. The standard InChI is InChI=1S/C20H18F3N3O2/c1-13-18(14(2)26(25-13)12-15-6-4-3-5-7-15)19(27)24-16-8-10-17(11-9-16)28-20(21,22)23/h3-11H,12H2,1-2H3,(H,24,27). The van der Waals surface area contributed by atoms with Crippen molar-refractivity contribution in [2.75, 3.05) is 5.32 Å². The van der Waals surface area contributed by atoms with Crippen molar-refractivity contribution in [1.82, 2.24) is 9.78 Å². The minimum Gasteiger partial charge on any atom is -0.406 e. The predicted octanol–water partition coefficient (Wildman–Crippen LogP) is 4.70. The molecule has 0 saturated heterocycles. The first-order chi connectivity index (χ1) is 13.2. The molecule has 1 heterocycles. The molecule has 2 aromatic carbocycles. The summed E-state index contributed by atoms with van der Waals surface area (Å²) in [6.07, 6.45) is -4.76. The molecule has 0 aliphatic carbocycles. The van der Waals surface area contributed by atoms with E-state index in [1.54, 1.807) is 18.5 Å². The minimum atomic E-state index is -4.76. The molecule has 1 amide bonds. The van der Waals surface area contributed by atoms with Crippen LogP contribution in [0.5, 0.6) is 5.75 Å². The smallest absolute Gasteiger partial charge is 0.406 e. The quantitative estimate of drug-likeness (QED) is 0.688. The zero-order valence-corrected chi connectivity index (χ0v) is 15.2. The van der Waals surface area contributed by atoms with E-state index in [-0.39, 0.29) is 11.7 Å². The van der Waals surface area contributed by atoms with Crippen molar-refractivity contribution in [2.24, 2.45) is 0 Å². The number of nitrogens with zero attached hydrogens (tertiary/aromatic N) is 2. The Kier molecular flexibility index (Phi) is 5.39. The number of alkyl halides is 3. The summed E-state index contributed by atoms with van der Waals surface area (Å²) in [4.78, 5) is 12.7. The highest BCUT2D eigenvalue weighted by atomic mass is 19.4. The van der Waals surface area contributed by atoms with Gasteiger partial charge >= 0.3 is 6.36 Å². The Morgan fingerprint density at radius 2 is 1.71 bits per heavy atom. The highest BCUT2D eigenvalue weighted by molar-refractivity contribution is 6.05. The van der Waals surface area contributed by atoms with Crippen molar-refractivity contribution < 1.29 is 22.7 Å². The zero-order valence-electron chi connectivity index (χ0n) is 15.2. The first kappa shape index (κ1) is 19.5. The molecule has 3 rings (SSSR count). The van der Waals surface area contributed by atoms with Gasteiger partial charge in [0, 0.05) is 11.4 Å². The molecule has 0 spiro atoms. The van der Waals surface area contributed by atoms with Crippen LogP contribution in [0.4, 0.5) is 18.9 Å². The Balaban J connectivity index is 1.74. The van der Waals surface area contributed by atoms with E-state index >= 15 is 0 Å². The van der Waals surface area contributed by atoms with Gasteiger partial charge in [-0.1, -0.05) is 30.3 Å². The monoisotopic (exact) mass is 389 g/mol. The van der Waals surface area contributed by atoms with Gasteiger partial charge in [0.25, 0.3) is 5.91 Å². The van der Waals surface area contributed by atoms with Crippen molar-refractivity contribution in [2.45, 2.75) is 26.8 Å². The number of hydrogen-bond donors (Lipinski definition) is 1. The molecule has 0 saturated carbocycles. The summed E-state index contributed by atoms with van der Waals surface area (Å²) in [7, 11) is 0. The van der Waals surface area contributed by atoms with E-state index in [1.807, 2.05) is 30.3 Å². The van der Waals surface area contributed by atoms with Crippen LogP contribution >= 0.6 is 0 Å². The van der Waals surface area contributed by atoms with Gasteiger partial charge in [0.1, 0.15) is 5.75 Å². The summed E-state index contributed by atoms with van der Waals surface area (Å²) in [5.41, 5.74) is 3.12. The summed E-state index contributed by atoms with van der Waals surface area (Å²) in [5, 5.41) is 7.11. The lowest BCUT2D eigenvalue weighted by Crippen LogP contribution is -2.17. The molecule has 0 aliphatic heterocycles. The normalized spacial score (nSPS) is 11.3. The largest absolute Gasteiger partial charge is 0.573 e. The lowest BCUT2D eigenvalue weighted by Gasteiger charge is -2.10. The molecule has 8 heteroatoms. The van der Waals surface area contributed by atoms with E-state index in [4.69, 9.17) is 0 Å². The second kappa shape index (κ2) is 7.75. The third-order valence-corrected chi connectivity index (χ3v) is 4.13. The third-order valence-electron chi connectivity index (χ3n) is 4.13. The summed E-state index contributed by atoms with van der Waals surface area (Å²) < 4.78 is 42.2. The summed E-state index contributed by atoms with van der Waals surface area (Å²) in [6, 6.07) is 14.7. The maximum absolute atomic E-state index is 12.7. The fraction of sp³-hybridized carbons (Fsp3) is 0.200. The number of aromatic nitrogens is 2. The fourth-order valence-corrected chi connectivity index (χ4v) is 2.87. The lowest BCUT2D eigenvalue weighted by atomic mass is 10.1. The number of amides is 1. The van der Waals surface area contributed by atoms with Crippen molar-refractivity contribution in [3.8, 4) is 5.75 Å². The summed E-state index contributed by atoms with van der Waals surface area (Å²) in [6.45, 7) is 4.08. The van der Waals surface area contributed by atoms with Gasteiger partial charge in [-0.05, 0) is 43.7 Å². The van der Waals surface area contributed by atoms with Gasteiger partial charge in [0.05, 0.1) is 17.8 Å². The van der Waals surface area contributed by atoms with Gasteiger partial charge in [0.2, 0.25) is 0 Å². The summed E-state index contributed by atoms with van der Waals surface area (Å²) >= 11 is 0. The molecule has 0 atom stereocenters. The maximum Gasteiger partial charge on any atom is 0.573 e. The number of benzene rings is 2. The Hall–Kier alpha value is -3.29. The fourth-order valence-electron chi connectivity index (χ4n) is 2.87. The second-order valence-corrected chi connectivity index (χ2v) is 6.22. The van der Waals surface area contributed by atoms with Gasteiger partial charge in [-0.15, -0.1) is 13.2 Å². The van der Waals surface area contributed by atoms with E-state index in [0.717, 1.165) is 17.7 Å². The SMILES string of the molecule is Cc1nn(Cc2ccccc2)c(C)c1C(=O)Nc1ccc(OC(F)(F)F)cc1. The molecular formula is C20H18F3N3O2. The van der Waals surface area contributed by atoms with Crippen LogP contribution in [-0.2, 0) is 6.54 Å². The minimum absolute atomic E-state index is 0.353. The molecule has 0 radical (unpaired) electrons. The lowest BCUT2D eigenvalue weighted by molar-refractivity contribution is -0.274. The number of hydrogen-bond acceptors (Lipinski definition) is 3. The predicted molar refractivity (Wildman–Crippen MR) is 98.3 cm³/mol. The molecule has 1 aromatic heterocycles. The number of anilines is 1. The zero-order chi connectivity index (χ0) is 20.3. The topological polar surface area (TPSA) is 56.2 Å². The highest BCUT2D eigenvalue weighted by Gasteiger charge is 2.31. The van der Waals surface area contributed by atoms with Gasteiger partial charge < -0.3 is 10.1 Å². The molecule has 146 valence electrons. The number of nitrogens with one attached hydrogen (secondary N) is 1. The number of rotatable bonds is 5. The van der Waals surface area contributed by atoms with E-state index < -0.39 is 6.36 Å². The van der Waals surface area contributed by atoms with Crippen LogP contribution in [0.3, 0.4) is 0 Å². The average Bonchev–Trinajstić information content (AvgIpc) is 2.90. The van der Waals surface area contributed by atoms with Crippen molar-refractivity contribution >= 4 is 11.6 Å². The first-order valence-electron chi connectivity index (χ1n) is 8.48. The molecule has 0 bridgehead atoms. The Morgan fingerprint density at radius 1 is 1.07 bits per heavy atom. The second-order valence-electron chi connectivity index (χ2n) is 6.22. The number of halogens is 3. The van der Waals surface area contributed by atoms with E-state index in [0.29, 0.717) is 29.2 Å². The van der Waals surface area contributed by atoms with Crippen LogP contribution in [0, 0.1) is 13.8 Å². The van der Waals surface area contributed by atoms with Crippen LogP contribution in [0.25, 0.3) is 0 Å². The number of carbonyl (C=O) groups excluding carboxylic acids is 1. The molecule has 28 heavy (non-hydrogen) atoms. The number of ether oxygens (including phenoxy) is 1. The highest BCUT2D eigenvalue weighted by Crippen LogP contribution is 2.24. The summed E-state index contributed by atoms with van der Waals surface area (Å²) in [5.74, 6) is -0.729. The molecule has 0 fully saturated rings.